The Morgan fingerprint density at radius 3 is 2.50 bits per heavy atom. The molecule has 0 spiro atoms. The zero-order valence-electron chi connectivity index (χ0n) is 14.1. The third-order valence-electron chi connectivity index (χ3n) is 3.77. The molecule has 128 valence electrons. The molecule has 5 nitrogen and oxygen atoms in total. The quantitative estimate of drug-likeness (QED) is 0.828. The van der Waals surface area contributed by atoms with Gasteiger partial charge in [-0.3, -0.25) is 4.79 Å². The summed E-state index contributed by atoms with van der Waals surface area (Å²) < 4.78 is 19.6. The lowest BCUT2D eigenvalue weighted by atomic mass is 10.2. The van der Waals surface area contributed by atoms with Crippen LogP contribution < -0.4 is 5.32 Å². The summed E-state index contributed by atoms with van der Waals surface area (Å²) in [6, 6.07) is 7.68. The Labute approximate surface area is 140 Å². The van der Waals surface area contributed by atoms with E-state index in [0.717, 1.165) is 11.3 Å². The molecule has 1 amide bonds. The van der Waals surface area contributed by atoms with Crippen LogP contribution in [-0.2, 0) is 22.6 Å². The Morgan fingerprint density at radius 2 is 1.88 bits per heavy atom. The van der Waals surface area contributed by atoms with Crippen molar-refractivity contribution in [2.45, 2.75) is 33.9 Å². The summed E-state index contributed by atoms with van der Waals surface area (Å²) in [4.78, 5) is 24.0. The highest BCUT2D eigenvalue weighted by Gasteiger charge is 2.17. The molecule has 0 saturated carbocycles. The number of aromatic nitrogens is 1. The van der Waals surface area contributed by atoms with E-state index < -0.39 is 0 Å². The van der Waals surface area contributed by atoms with Gasteiger partial charge in [-0.1, -0.05) is 12.1 Å². The van der Waals surface area contributed by atoms with Crippen LogP contribution >= 0.6 is 0 Å². The highest BCUT2D eigenvalue weighted by Crippen LogP contribution is 2.16. The molecule has 0 unspecified atom stereocenters. The number of rotatable bonds is 6. The summed E-state index contributed by atoms with van der Waals surface area (Å²) in [7, 11) is 0. The lowest BCUT2D eigenvalue weighted by Crippen LogP contribution is -2.28. The molecule has 0 radical (unpaired) electrons. The number of esters is 1. The lowest BCUT2D eigenvalue weighted by Gasteiger charge is -2.10. The minimum Gasteiger partial charge on any atom is -0.462 e. The number of nitrogens with one attached hydrogen (secondary N) is 1. The minimum absolute atomic E-state index is 0.109. The predicted octanol–water partition coefficient (Wildman–Crippen LogP) is 2.74. The molecule has 0 aliphatic heterocycles. The molecule has 24 heavy (non-hydrogen) atoms. The van der Waals surface area contributed by atoms with Crippen molar-refractivity contribution in [1.29, 1.82) is 0 Å². The fourth-order valence-electron chi connectivity index (χ4n) is 2.46. The predicted molar refractivity (Wildman–Crippen MR) is 88.1 cm³/mol. The topological polar surface area (TPSA) is 60.3 Å². The smallest absolute Gasteiger partial charge is 0.339 e. The van der Waals surface area contributed by atoms with E-state index >= 15 is 0 Å². The SMILES string of the molecule is CCOC(=O)c1cc(C)n(CC(=O)NCc2ccc(F)cc2)c1C. The number of aryl methyl sites for hydroxylation is 1. The molecule has 0 bridgehead atoms. The Morgan fingerprint density at radius 1 is 1.21 bits per heavy atom. The van der Waals surface area contributed by atoms with Gasteiger partial charge in [-0.25, -0.2) is 9.18 Å². The Kier molecular flexibility index (Phi) is 5.73. The summed E-state index contributed by atoms with van der Waals surface area (Å²) in [5.74, 6) is -0.879. The first kappa shape index (κ1) is 17.7. The van der Waals surface area contributed by atoms with Crippen LogP contribution in [-0.4, -0.2) is 23.1 Å². The second-order valence-corrected chi connectivity index (χ2v) is 5.49. The van der Waals surface area contributed by atoms with Crippen LogP contribution in [0, 0.1) is 19.7 Å². The zero-order valence-corrected chi connectivity index (χ0v) is 14.1. The van der Waals surface area contributed by atoms with Gasteiger partial charge < -0.3 is 14.6 Å². The summed E-state index contributed by atoms with van der Waals surface area (Å²) in [6.45, 7) is 6.11. The second kappa shape index (κ2) is 7.77. The number of benzene rings is 1. The molecule has 1 aromatic heterocycles. The van der Waals surface area contributed by atoms with E-state index in [1.165, 1.54) is 12.1 Å². The van der Waals surface area contributed by atoms with E-state index in [1.807, 2.05) is 6.92 Å². The molecular weight excluding hydrogens is 311 g/mol. The number of ether oxygens (including phenoxy) is 1. The number of carbonyl (C=O) groups excluding carboxylic acids is 2. The molecule has 2 aromatic rings. The van der Waals surface area contributed by atoms with Crippen molar-refractivity contribution in [3.8, 4) is 0 Å². The van der Waals surface area contributed by atoms with Gasteiger partial charge in [-0.05, 0) is 44.5 Å². The van der Waals surface area contributed by atoms with Crippen molar-refractivity contribution >= 4 is 11.9 Å². The third kappa shape index (κ3) is 4.22. The molecule has 0 fully saturated rings. The van der Waals surface area contributed by atoms with Gasteiger partial charge in [0.05, 0.1) is 12.2 Å². The number of hydrogen-bond donors (Lipinski definition) is 1. The molecule has 1 heterocycles. The van der Waals surface area contributed by atoms with Crippen molar-refractivity contribution in [3.63, 3.8) is 0 Å². The summed E-state index contributed by atoms with van der Waals surface area (Å²) in [5, 5.41) is 2.79. The molecule has 0 saturated heterocycles. The maximum atomic E-state index is 12.9. The molecule has 0 aliphatic rings. The van der Waals surface area contributed by atoms with Crippen LogP contribution in [0.2, 0.25) is 0 Å². The first-order valence-electron chi connectivity index (χ1n) is 7.77. The molecule has 0 atom stereocenters. The number of halogens is 1. The van der Waals surface area contributed by atoms with Gasteiger partial charge in [-0.15, -0.1) is 0 Å². The van der Waals surface area contributed by atoms with Crippen molar-refractivity contribution < 1.29 is 18.7 Å². The zero-order chi connectivity index (χ0) is 17.7. The standard InChI is InChI=1S/C18H21FN2O3/c1-4-24-18(23)16-9-12(2)21(13(16)3)11-17(22)20-10-14-5-7-15(19)8-6-14/h5-9H,4,10-11H2,1-3H3,(H,20,22). The van der Waals surface area contributed by atoms with Crippen molar-refractivity contribution in [3.05, 3.63) is 58.7 Å². The fraction of sp³-hybridized carbons (Fsp3) is 0.333. The van der Waals surface area contributed by atoms with Gasteiger partial charge in [0.15, 0.2) is 0 Å². The van der Waals surface area contributed by atoms with Crippen molar-refractivity contribution in [2.75, 3.05) is 6.61 Å². The number of amides is 1. The number of carbonyl (C=O) groups is 2. The fourth-order valence-corrected chi connectivity index (χ4v) is 2.46. The summed E-state index contributed by atoms with van der Waals surface area (Å²) in [6.07, 6.45) is 0. The number of hydrogen-bond acceptors (Lipinski definition) is 3. The van der Waals surface area contributed by atoms with Gasteiger partial charge in [0.2, 0.25) is 5.91 Å². The Bertz CT molecular complexity index is 735. The highest BCUT2D eigenvalue weighted by molar-refractivity contribution is 5.91. The average molecular weight is 332 g/mol. The van der Waals surface area contributed by atoms with E-state index in [9.17, 15) is 14.0 Å². The molecule has 1 N–H and O–H groups in total. The van der Waals surface area contributed by atoms with Crippen molar-refractivity contribution in [2.24, 2.45) is 0 Å². The first-order chi connectivity index (χ1) is 11.4. The van der Waals surface area contributed by atoms with Gasteiger partial charge >= 0.3 is 5.97 Å². The normalized spacial score (nSPS) is 10.5. The van der Waals surface area contributed by atoms with Crippen LogP contribution in [0.25, 0.3) is 0 Å². The molecule has 0 aliphatic carbocycles. The van der Waals surface area contributed by atoms with Gasteiger partial charge in [0.1, 0.15) is 12.4 Å². The van der Waals surface area contributed by atoms with E-state index in [4.69, 9.17) is 4.74 Å². The van der Waals surface area contributed by atoms with Crippen molar-refractivity contribution in [1.82, 2.24) is 9.88 Å². The maximum Gasteiger partial charge on any atom is 0.339 e. The van der Waals surface area contributed by atoms with E-state index in [1.54, 1.807) is 36.6 Å². The minimum atomic E-state index is -0.386. The van der Waals surface area contributed by atoms with Crippen LogP contribution in [0.5, 0.6) is 0 Å². The average Bonchev–Trinajstić information content (AvgIpc) is 2.83. The molecular formula is C18H21FN2O3. The van der Waals surface area contributed by atoms with Crippen LogP contribution in [0.3, 0.4) is 0 Å². The third-order valence-corrected chi connectivity index (χ3v) is 3.77. The maximum absolute atomic E-state index is 12.9. The molecule has 6 heteroatoms. The number of nitrogens with zero attached hydrogens (tertiary/aromatic N) is 1. The highest BCUT2D eigenvalue weighted by atomic mass is 19.1. The van der Waals surface area contributed by atoms with E-state index in [-0.39, 0.29) is 24.2 Å². The monoisotopic (exact) mass is 332 g/mol. The Hall–Kier alpha value is -2.63. The van der Waals surface area contributed by atoms with Gasteiger partial charge in [-0.2, -0.15) is 0 Å². The summed E-state index contributed by atoms with van der Waals surface area (Å²) in [5.41, 5.74) is 2.80. The largest absolute Gasteiger partial charge is 0.462 e. The first-order valence-corrected chi connectivity index (χ1v) is 7.77. The van der Waals surface area contributed by atoms with Crippen LogP contribution in [0.15, 0.2) is 30.3 Å². The second-order valence-electron chi connectivity index (χ2n) is 5.49. The molecule has 2 rings (SSSR count). The Balaban J connectivity index is 2.01. The summed E-state index contributed by atoms with van der Waals surface area (Å²) >= 11 is 0. The molecule has 1 aromatic carbocycles. The van der Waals surface area contributed by atoms with E-state index in [2.05, 4.69) is 5.32 Å². The lowest BCUT2D eigenvalue weighted by molar-refractivity contribution is -0.121. The van der Waals surface area contributed by atoms with Crippen LogP contribution in [0.1, 0.15) is 34.2 Å². The van der Waals surface area contributed by atoms with Gasteiger partial charge in [0.25, 0.3) is 0 Å². The van der Waals surface area contributed by atoms with Gasteiger partial charge in [0, 0.05) is 17.9 Å². The van der Waals surface area contributed by atoms with E-state index in [0.29, 0.717) is 24.4 Å². The van der Waals surface area contributed by atoms with Crippen LogP contribution in [0.4, 0.5) is 4.39 Å².